The molecule has 0 atom stereocenters. The number of rotatable bonds is 1. The Labute approximate surface area is 97.7 Å². The molecule has 0 N–H and O–H groups in total. The molecule has 14 heavy (non-hydrogen) atoms. The van der Waals surface area contributed by atoms with Crippen LogP contribution in [0.5, 0.6) is 0 Å². The van der Waals surface area contributed by atoms with Gasteiger partial charge in [-0.15, -0.1) is 11.3 Å². The van der Waals surface area contributed by atoms with Gasteiger partial charge in [0, 0.05) is 10.9 Å². The number of halogens is 3. The molecule has 2 aromatic rings. The van der Waals surface area contributed by atoms with Crippen molar-refractivity contribution in [2.75, 3.05) is 0 Å². The monoisotopic (exact) mass is 291 g/mol. The summed E-state index contributed by atoms with van der Waals surface area (Å²) < 4.78 is 13.7. The standard InChI is InChI=1S/C9H4BrClFNS/c10-9-13-8(4-14-9)6-3-5(12)1-2-7(6)11/h1-4H. The van der Waals surface area contributed by atoms with Crippen molar-refractivity contribution in [3.05, 3.63) is 38.3 Å². The second kappa shape index (κ2) is 3.96. The minimum absolute atomic E-state index is 0.312. The zero-order valence-corrected chi connectivity index (χ0v) is 9.96. The van der Waals surface area contributed by atoms with Crippen molar-refractivity contribution >= 4 is 38.9 Å². The van der Waals surface area contributed by atoms with Crippen molar-refractivity contribution in [3.8, 4) is 11.3 Å². The predicted molar refractivity (Wildman–Crippen MR) is 60.2 cm³/mol. The molecule has 0 radical (unpaired) electrons. The Morgan fingerprint density at radius 1 is 1.43 bits per heavy atom. The molecule has 0 aliphatic rings. The molecule has 0 spiro atoms. The highest BCUT2D eigenvalue weighted by molar-refractivity contribution is 9.11. The fraction of sp³-hybridized carbons (Fsp3) is 0. The SMILES string of the molecule is Fc1ccc(Cl)c(-c2csc(Br)n2)c1. The lowest BCUT2D eigenvalue weighted by atomic mass is 10.2. The van der Waals surface area contributed by atoms with Crippen LogP contribution in [0.4, 0.5) is 4.39 Å². The second-order valence-electron chi connectivity index (χ2n) is 2.61. The minimum Gasteiger partial charge on any atom is -0.229 e. The zero-order chi connectivity index (χ0) is 10.1. The van der Waals surface area contributed by atoms with E-state index < -0.39 is 0 Å². The Morgan fingerprint density at radius 2 is 2.21 bits per heavy atom. The highest BCUT2D eigenvalue weighted by Crippen LogP contribution is 2.30. The largest absolute Gasteiger partial charge is 0.229 e. The molecular weight excluding hydrogens is 289 g/mol. The van der Waals surface area contributed by atoms with Crippen LogP contribution in [-0.2, 0) is 0 Å². The third-order valence-corrected chi connectivity index (χ3v) is 3.38. The Balaban J connectivity index is 2.55. The van der Waals surface area contributed by atoms with E-state index in [-0.39, 0.29) is 5.82 Å². The van der Waals surface area contributed by atoms with Crippen molar-refractivity contribution in [1.29, 1.82) is 0 Å². The van der Waals surface area contributed by atoms with Crippen LogP contribution in [0.1, 0.15) is 0 Å². The number of thiazole rings is 1. The minimum atomic E-state index is -0.312. The van der Waals surface area contributed by atoms with Gasteiger partial charge in [0.2, 0.25) is 0 Å². The van der Waals surface area contributed by atoms with Gasteiger partial charge in [-0.05, 0) is 34.1 Å². The summed E-state index contributed by atoms with van der Waals surface area (Å²) in [7, 11) is 0. The van der Waals surface area contributed by atoms with Crippen LogP contribution in [0.2, 0.25) is 5.02 Å². The Morgan fingerprint density at radius 3 is 2.86 bits per heavy atom. The van der Waals surface area contributed by atoms with E-state index in [2.05, 4.69) is 20.9 Å². The molecule has 1 nitrogen and oxygen atoms in total. The van der Waals surface area contributed by atoms with Gasteiger partial charge in [0.05, 0.1) is 10.7 Å². The van der Waals surface area contributed by atoms with Crippen LogP contribution in [0.25, 0.3) is 11.3 Å². The lowest BCUT2D eigenvalue weighted by molar-refractivity contribution is 0.628. The van der Waals surface area contributed by atoms with E-state index in [9.17, 15) is 4.39 Å². The fourth-order valence-corrected chi connectivity index (χ4v) is 2.29. The van der Waals surface area contributed by atoms with Gasteiger partial charge in [-0.3, -0.25) is 0 Å². The first-order valence-corrected chi connectivity index (χ1v) is 5.78. The molecule has 0 saturated heterocycles. The quantitative estimate of drug-likeness (QED) is 0.761. The molecule has 0 aliphatic heterocycles. The lowest BCUT2D eigenvalue weighted by Crippen LogP contribution is -1.81. The van der Waals surface area contributed by atoms with E-state index in [1.807, 2.05) is 5.38 Å². The molecule has 0 unspecified atom stereocenters. The molecule has 0 saturated carbocycles. The van der Waals surface area contributed by atoms with Gasteiger partial charge >= 0.3 is 0 Å². The third-order valence-electron chi connectivity index (χ3n) is 1.68. The van der Waals surface area contributed by atoms with Crippen molar-refractivity contribution < 1.29 is 4.39 Å². The predicted octanol–water partition coefficient (Wildman–Crippen LogP) is 4.37. The lowest BCUT2D eigenvalue weighted by Gasteiger charge is -1.99. The number of benzene rings is 1. The first-order chi connectivity index (χ1) is 6.66. The van der Waals surface area contributed by atoms with E-state index in [0.29, 0.717) is 16.3 Å². The Bertz CT molecular complexity index is 472. The molecule has 0 aliphatic carbocycles. The number of nitrogens with zero attached hydrogens (tertiary/aromatic N) is 1. The first kappa shape index (κ1) is 10.1. The summed E-state index contributed by atoms with van der Waals surface area (Å²) in [4.78, 5) is 4.17. The number of hydrogen-bond acceptors (Lipinski definition) is 2. The Kier molecular flexibility index (Phi) is 2.85. The summed E-state index contributed by atoms with van der Waals surface area (Å²) in [6.07, 6.45) is 0. The number of hydrogen-bond donors (Lipinski definition) is 0. The maximum absolute atomic E-state index is 12.9. The summed E-state index contributed by atoms with van der Waals surface area (Å²) in [5.74, 6) is -0.312. The molecule has 72 valence electrons. The van der Waals surface area contributed by atoms with E-state index in [4.69, 9.17) is 11.6 Å². The van der Waals surface area contributed by atoms with Crippen molar-refractivity contribution in [2.45, 2.75) is 0 Å². The summed E-state index contributed by atoms with van der Waals surface area (Å²) in [6, 6.07) is 4.23. The van der Waals surface area contributed by atoms with Crippen LogP contribution in [-0.4, -0.2) is 4.98 Å². The van der Waals surface area contributed by atoms with Crippen LogP contribution in [0, 0.1) is 5.82 Å². The summed E-state index contributed by atoms with van der Waals surface area (Å²) in [5, 5.41) is 2.33. The molecule has 1 heterocycles. The van der Waals surface area contributed by atoms with Gasteiger partial charge in [-0.2, -0.15) is 0 Å². The highest BCUT2D eigenvalue weighted by atomic mass is 79.9. The van der Waals surface area contributed by atoms with Gasteiger partial charge in [0.15, 0.2) is 3.92 Å². The van der Waals surface area contributed by atoms with Gasteiger partial charge in [-0.1, -0.05) is 11.6 Å². The maximum Gasteiger partial charge on any atom is 0.159 e. The molecule has 1 aromatic heterocycles. The van der Waals surface area contributed by atoms with Crippen molar-refractivity contribution in [1.82, 2.24) is 4.98 Å². The van der Waals surface area contributed by atoms with E-state index in [1.54, 1.807) is 0 Å². The van der Waals surface area contributed by atoms with Crippen molar-refractivity contribution in [3.63, 3.8) is 0 Å². The van der Waals surface area contributed by atoms with Crippen LogP contribution in [0.3, 0.4) is 0 Å². The van der Waals surface area contributed by atoms with Crippen LogP contribution in [0.15, 0.2) is 27.5 Å². The number of aromatic nitrogens is 1. The average molecular weight is 293 g/mol. The van der Waals surface area contributed by atoms with Gasteiger partial charge < -0.3 is 0 Å². The molecule has 2 rings (SSSR count). The molecule has 0 amide bonds. The second-order valence-corrected chi connectivity index (χ2v) is 5.15. The van der Waals surface area contributed by atoms with E-state index in [0.717, 1.165) is 3.92 Å². The topological polar surface area (TPSA) is 12.9 Å². The molecule has 0 bridgehead atoms. The first-order valence-electron chi connectivity index (χ1n) is 3.73. The van der Waals surface area contributed by atoms with Crippen molar-refractivity contribution in [2.24, 2.45) is 0 Å². The summed E-state index contributed by atoms with van der Waals surface area (Å²) in [5.41, 5.74) is 1.31. The average Bonchev–Trinajstić information content (AvgIpc) is 2.56. The van der Waals surface area contributed by atoms with Gasteiger partial charge in [0.25, 0.3) is 0 Å². The molecule has 0 fully saturated rings. The third kappa shape index (κ3) is 1.97. The fourth-order valence-electron chi connectivity index (χ4n) is 1.07. The molecule has 1 aromatic carbocycles. The summed E-state index contributed by atoms with van der Waals surface area (Å²) >= 11 is 10.6. The molecular formula is C9H4BrClFNS. The highest BCUT2D eigenvalue weighted by Gasteiger charge is 2.08. The van der Waals surface area contributed by atoms with E-state index >= 15 is 0 Å². The Hall–Kier alpha value is -0.450. The van der Waals surface area contributed by atoms with E-state index in [1.165, 1.54) is 29.5 Å². The normalized spacial score (nSPS) is 10.5. The smallest absolute Gasteiger partial charge is 0.159 e. The maximum atomic E-state index is 12.9. The van der Waals surface area contributed by atoms with Crippen LogP contribution >= 0.6 is 38.9 Å². The molecule has 5 heteroatoms. The summed E-state index contributed by atoms with van der Waals surface area (Å²) in [6.45, 7) is 0. The van der Waals surface area contributed by atoms with Gasteiger partial charge in [0.1, 0.15) is 5.82 Å². The van der Waals surface area contributed by atoms with Gasteiger partial charge in [-0.25, -0.2) is 9.37 Å². The van der Waals surface area contributed by atoms with Crippen LogP contribution < -0.4 is 0 Å². The zero-order valence-electron chi connectivity index (χ0n) is 6.80.